The summed E-state index contributed by atoms with van der Waals surface area (Å²) in [6, 6.07) is 18.2. The van der Waals surface area contributed by atoms with Crippen molar-refractivity contribution >= 4 is 0 Å². The van der Waals surface area contributed by atoms with Crippen molar-refractivity contribution in [3.63, 3.8) is 0 Å². The van der Waals surface area contributed by atoms with Gasteiger partial charge in [-0.2, -0.15) is 0 Å². The zero-order valence-electron chi connectivity index (χ0n) is 14.3. The highest BCUT2D eigenvalue weighted by atomic mass is 16.5. The number of rotatable bonds is 6. The summed E-state index contributed by atoms with van der Waals surface area (Å²) in [6.45, 7) is 5.12. The second kappa shape index (κ2) is 8.29. The molecule has 1 saturated heterocycles. The number of nitrogens with zero attached hydrogens (tertiary/aromatic N) is 2. The molecule has 0 radical (unpaired) electrons. The summed E-state index contributed by atoms with van der Waals surface area (Å²) in [5.74, 6) is 0.820. The van der Waals surface area contributed by atoms with Gasteiger partial charge >= 0.3 is 0 Å². The van der Waals surface area contributed by atoms with E-state index in [4.69, 9.17) is 4.74 Å². The Bertz CT molecular complexity index is 625. The fourth-order valence-corrected chi connectivity index (χ4v) is 3.02. The number of hydrogen-bond acceptors (Lipinski definition) is 4. The molecular weight excluding hydrogens is 300 g/mol. The molecule has 3 rings (SSSR count). The number of likely N-dealkylation sites (N-methyl/N-ethyl adjacent to an activating group) is 1. The first-order valence-electron chi connectivity index (χ1n) is 8.58. The quantitative estimate of drug-likeness (QED) is 0.884. The maximum absolute atomic E-state index is 10.3. The van der Waals surface area contributed by atoms with Gasteiger partial charge in [0.2, 0.25) is 0 Å². The third-order valence-corrected chi connectivity index (χ3v) is 4.47. The SMILES string of the molecule is CN1CCN(C[C@@H](O)COc2ccccc2-c2ccccc2)CC1. The van der Waals surface area contributed by atoms with E-state index in [9.17, 15) is 5.11 Å². The molecule has 0 saturated carbocycles. The number of benzene rings is 2. The molecule has 0 aliphatic carbocycles. The van der Waals surface area contributed by atoms with E-state index in [1.165, 1.54) is 0 Å². The van der Waals surface area contributed by atoms with E-state index in [1.807, 2.05) is 36.4 Å². The molecule has 0 spiro atoms. The van der Waals surface area contributed by atoms with Gasteiger partial charge in [-0.3, -0.25) is 4.90 Å². The topological polar surface area (TPSA) is 35.9 Å². The fourth-order valence-electron chi connectivity index (χ4n) is 3.02. The summed E-state index contributed by atoms with van der Waals surface area (Å²) in [5.41, 5.74) is 2.19. The Morgan fingerprint density at radius 1 is 0.958 bits per heavy atom. The molecule has 1 atom stereocenters. The Labute approximate surface area is 144 Å². The van der Waals surface area contributed by atoms with E-state index in [-0.39, 0.29) is 0 Å². The first-order chi connectivity index (χ1) is 11.7. The van der Waals surface area contributed by atoms with E-state index in [2.05, 4.69) is 35.0 Å². The lowest BCUT2D eigenvalue weighted by molar-refractivity contribution is 0.0506. The number of β-amino-alcohol motifs (C(OH)–C–C–N with tert-alkyl or cyclic N) is 1. The molecule has 1 fully saturated rings. The molecule has 2 aromatic rings. The van der Waals surface area contributed by atoms with Crippen molar-refractivity contribution in [2.24, 2.45) is 0 Å². The molecular formula is C20H26N2O2. The fraction of sp³-hybridized carbons (Fsp3) is 0.400. The van der Waals surface area contributed by atoms with Crippen LogP contribution in [0.25, 0.3) is 11.1 Å². The monoisotopic (exact) mass is 326 g/mol. The van der Waals surface area contributed by atoms with Gasteiger partial charge in [-0.25, -0.2) is 0 Å². The lowest BCUT2D eigenvalue weighted by Crippen LogP contribution is -2.47. The number of para-hydroxylation sites is 1. The van der Waals surface area contributed by atoms with Crippen molar-refractivity contribution < 1.29 is 9.84 Å². The molecule has 1 aliphatic heterocycles. The molecule has 128 valence electrons. The summed E-state index contributed by atoms with van der Waals surface area (Å²) in [4.78, 5) is 4.62. The molecule has 0 unspecified atom stereocenters. The third kappa shape index (κ3) is 4.57. The van der Waals surface area contributed by atoms with Crippen molar-refractivity contribution in [3.8, 4) is 16.9 Å². The van der Waals surface area contributed by atoms with Crippen LogP contribution in [-0.4, -0.2) is 67.4 Å². The zero-order chi connectivity index (χ0) is 16.8. The van der Waals surface area contributed by atoms with Crippen LogP contribution in [-0.2, 0) is 0 Å². The maximum Gasteiger partial charge on any atom is 0.127 e. The van der Waals surface area contributed by atoms with Crippen LogP contribution in [0.5, 0.6) is 5.75 Å². The number of aliphatic hydroxyl groups excluding tert-OH is 1. The predicted molar refractivity (Wildman–Crippen MR) is 97.3 cm³/mol. The molecule has 1 aliphatic rings. The van der Waals surface area contributed by atoms with E-state index in [0.717, 1.165) is 43.1 Å². The van der Waals surface area contributed by atoms with Crippen LogP contribution < -0.4 is 4.74 Å². The molecule has 1 N–H and O–H groups in total. The zero-order valence-corrected chi connectivity index (χ0v) is 14.3. The average Bonchev–Trinajstić information content (AvgIpc) is 2.63. The highest BCUT2D eigenvalue weighted by molar-refractivity contribution is 5.70. The van der Waals surface area contributed by atoms with Crippen molar-refractivity contribution in [1.29, 1.82) is 0 Å². The van der Waals surface area contributed by atoms with Gasteiger partial charge in [-0.15, -0.1) is 0 Å². The van der Waals surface area contributed by atoms with Crippen molar-refractivity contribution in [3.05, 3.63) is 54.6 Å². The Morgan fingerprint density at radius 2 is 1.62 bits per heavy atom. The Kier molecular flexibility index (Phi) is 5.86. The molecule has 2 aromatic carbocycles. The van der Waals surface area contributed by atoms with Crippen LogP contribution in [0.2, 0.25) is 0 Å². The Balaban J connectivity index is 1.57. The van der Waals surface area contributed by atoms with Crippen LogP contribution in [0.1, 0.15) is 0 Å². The Hall–Kier alpha value is -1.88. The van der Waals surface area contributed by atoms with E-state index in [1.54, 1.807) is 0 Å². The first kappa shape index (κ1) is 17.0. The summed E-state index contributed by atoms with van der Waals surface area (Å²) in [7, 11) is 2.14. The van der Waals surface area contributed by atoms with Gasteiger partial charge in [-0.1, -0.05) is 48.5 Å². The summed E-state index contributed by atoms with van der Waals surface area (Å²) in [6.07, 6.45) is -0.475. The normalized spacial score (nSPS) is 17.6. The number of piperazine rings is 1. The summed E-state index contributed by atoms with van der Waals surface area (Å²) in [5, 5.41) is 10.3. The molecule has 0 amide bonds. The smallest absolute Gasteiger partial charge is 0.127 e. The first-order valence-corrected chi connectivity index (χ1v) is 8.58. The van der Waals surface area contributed by atoms with Crippen LogP contribution >= 0.6 is 0 Å². The second-order valence-electron chi connectivity index (χ2n) is 6.43. The maximum atomic E-state index is 10.3. The summed E-state index contributed by atoms with van der Waals surface area (Å²) < 4.78 is 5.93. The van der Waals surface area contributed by atoms with Gasteiger partial charge in [-0.05, 0) is 18.7 Å². The predicted octanol–water partition coefficient (Wildman–Crippen LogP) is 2.34. The standard InChI is InChI=1S/C20H26N2O2/c1-21-11-13-22(14-12-21)15-18(23)16-24-20-10-6-5-9-19(20)17-7-3-2-4-8-17/h2-10,18,23H,11-16H2,1H3/t18-/m1/s1. The van der Waals surface area contributed by atoms with Gasteiger partial charge in [0.15, 0.2) is 0 Å². The summed E-state index contributed by atoms with van der Waals surface area (Å²) >= 11 is 0. The van der Waals surface area contributed by atoms with Crippen LogP contribution in [0, 0.1) is 0 Å². The van der Waals surface area contributed by atoms with Gasteiger partial charge in [0.1, 0.15) is 18.5 Å². The van der Waals surface area contributed by atoms with E-state index < -0.39 is 6.10 Å². The van der Waals surface area contributed by atoms with Gasteiger partial charge in [0, 0.05) is 38.3 Å². The minimum Gasteiger partial charge on any atom is -0.490 e. The van der Waals surface area contributed by atoms with Crippen molar-refractivity contribution in [2.75, 3.05) is 46.4 Å². The van der Waals surface area contributed by atoms with E-state index >= 15 is 0 Å². The molecule has 0 bridgehead atoms. The van der Waals surface area contributed by atoms with E-state index in [0.29, 0.717) is 13.2 Å². The van der Waals surface area contributed by atoms with Crippen LogP contribution in [0.15, 0.2) is 54.6 Å². The van der Waals surface area contributed by atoms with Crippen molar-refractivity contribution in [2.45, 2.75) is 6.10 Å². The van der Waals surface area contributed by atoms with Crippen LogP contribution in [0.4, 0.5) is 0 Å². The lowest BCUT2D eigenvalue weighted by Gasteiger charge is -2.33. The Morgan fingerprint density at radius 3 is 2.38 bits per heavy atom. The highest BCUT2D eigenvalue weighted by Gasteiger charge is 2.17. The molecule has 0 aromatic heterocycles. The van der Waals surface area contributed by atoms with Gasteiger partial charge in [0.25, 0.3) is 0 Å². The molecule has 24 heavy (non-hydrogen) atoms. The minimum absolute atomic E-state index is 0.316. The molecule has 4 nitrogen and oxygen atoms in total. The number of hydrogen-bond donors (Lipinski definition) is 1. The third-order valence-electron chi connectivity index (χ3n) is 4.47. The molecule has 4 heteroatoms. The van der Waals surface area contributed by atoms with Gasteiger partial charge < -0.3 is 14.7 Å². The van der Waals surface area contributed by atoms with Gasteiger partial charge in [0.05, 0.1) is 0 Å². The number of ether oxygens (including phenoxy) is 1. The minimum atomic E-state index is -0.475. The highest BCUT2D eigenvalue weighted by Crippen LogP contribution is 2.29. The number of aliphatic hydroxyl groups is 1. The van der Waals surface area contributed by atoms with Crippen molar-refractivity contribution in [1.82, 2.24) is 9.80 Å². The molecule has 1 heterocycles. The second-order valence-corrected chi connectivity index (χ2v) is 6.43. The van der Waals surface area contributed by atoms with Crippen LogP contribution in [0.3, 0.4) is 0 Å². The lowest BCUT2D eigenvalue weighted by atomic mass is 10.1. The largest absolute Gasteiger partial charge is 0.490 e. The average molecular weight is 326 g/mol.